The van der Waals surface area contributed by atoms with Gasteiger partial charge >= 0.3 is 0 Å². The smallest absolute Gasteiger partial charge is 0.240 e. The van der Waals surface area contributed by atoms with Crippen LogP contribution < -0.4 is 4.72 Å². The molecule has 0 amide bonds. The summed E-state index contributed by atoms with van der Waals surface area (Å²) in [6.07, 6.45) is 0. The predicted molar refractivity (Wildman–Crippen MR) is 92.2 cm³/mol. The van der Waals surface area contributed by atoms with Gasteiger partial charge in [-0.25, -0.2) is 13.1 Å². The molecule has 2 rings (SSSR count). The highest BCUT2D eigenvalue weighted by atomic mass is 35.5. The molecule has 1 aromatic carbocycles. The summed E-state index contributed by atoms with van der Waals surface area (Å²) in [5.74, 6) is 0.115. The van der Waals surface area contributed by atoms with E-state index in [0.29, 0.717) is 18.1 Å². The lowest BCUT2D eigenvalue weighted by Crippen LogP contribution is -2.30. The molecule has 1 heterocycles. The minimum Gasteiger partial charge on any atom is -0.269 e. The molecule has 7 heteroatoms. The zero-order chi connectivity index (χ0) is 17.2. The van der Waals surface area contributed by atoms with Crippen molar-refractivity contribution in [2.24, 2.45) is 5.92 Å². The first-order valence-corrected chi connectivity index (χ1v) is 9.32. The van der Waals surface area contributed by atoms with Gasteiger partial charge in [0.25, 0.3) is 0 Å². The highest BCUT2D eigenvalue weighted by molar-refractivity contribution is 7.89. The lowest BCUT2D eigenvalue weighted by atomic mass is 10.2. The van der Waals surface area contributed by atoms with Crippen molar-refractivity contribution in [1.29, 1.82) is 0 Å². The normalized spacial score (nSPS) is 13.3. The van der Waals surface area contributed by atoms with Gasteiger partial charge in [-0.3, -0.25) is 4.68 Å². The molecule has 0 aliphatic carbocycles. The second-order valence-corrected chi connectivity index (χ2v) is 8.15. The van der Waals surface area contributed by atoms with Crippen LogP contribution in [0, 0.1) is 26.7 Å². The van der Waals surface area contributed by atoms with E-state index in [4.69, 9.17) is 11.6 Å². The molecule has 0 saturated carbocycles. The third-order valence-corrected chi connectivity index (χ3v) is 5.49. The van der Waals surface area contributed by atoms with Crippen LogP contribution in [0.15, 0.2) is 29.2 Å². The summed E-state index contributed by atoms with van der Waals surface area (Å²) in [5, 5.41) is 4.84. The maximum atomic E-state index is 12.3. The van der Waals surface area contributed by atoms with Crippen LogP contribution in [0.2, 0.25) is 5.02 Å². The standard InChI is InChI=1S/C16H22ClN3O2S/c1-11(10-20-14(4)7-13(3)19-20)9-18-23(21,22)15-6-5-12(2)16(17)8-15/h5-8,11,18H,9-10H2,1-4H3. The van der Waals surface area contributed by atoms with Crippen molar-refractivity contribution in [3.05, 3.63) is 46.2 Å². The van der Waals surface area contributed by atoms with Crippen LogP contribution in [0.3, 0.4) is 0 Å². The van der Waals surface area contributed by atoms with Crippen molar-refractivity contribution in [1.82, 2.24) is 14.5 Å². The van der Waals surface area contributed by atoms with Crippen LogP contribution in [0.4, 0.5) is 0 Å². The van der Waals surface area contributed by atoms with E-state index in [9.17, 15) is 8.42 Å². The highest BCUT2D eigenvalue weighted by Gasteiger charge is 2.17. The Labute approximate surface area is 142 Å². The fourth-order valence-corrected chi connectivity index (χ4v) is 3.73. The fraction of sp³-hybridized carbons (Fsp3) is 0.438. The number of benzene rings is 1. The molecule has 0 aliphatic rings. The van der Waals surface area contributed by atoms with E-state index in [1.807, 2.05) is 38.4 Å². The van der Waals surface area contributed by atoms with Gasteiger partial charge in [-0.2, -0.15) is 5.10 Å². The molecule has 1 unspecified atom stereocenters. The number of rotatable bonds is 6. The average Bonchev–Trinajstić information content (AvgIpc) is 2.77. The SMILES string of the molecule is Cc1cc(C)n(CC(C)CNS(=O)(=O)c2ccc(C)c(Cl)c2)n1. The first kappa shape index (κ1) is 18.0. The molecule has 0 spiro atoms. The molecule has 126 valence electrons. The molecular weight excluding hydrogens is 334 g/mol. The van der Waals surface area contributed by atoms with E-state index in [-0.39, 0.29) is 10.8 Å². The number of aryl methyl sites for hydroxylation is 3. The Hall–Kier alpha value is -1.37. The number of nitrogens with zero attached hydrogens (tertiary/aromatic N) is 2. The van der Waals surface area contributed by atoms with Gasteiger partial charge in [0.1, 0.15) is 0 Å². The van der Waals surface area contributed by atoms with Gasteiger partial charge in [0.15, 0.2) is 0 Å². The lowest BCUT2D eigenvalue weighted by molar-refractivity contribution is 0.436. The molecule has 0 aliphatic heterocycles. The van der Waals surface area contributed by atoms with Crippen LogP contribution >= 0.6 is 11.6 Å². The van der Waals surface area contributed by atoms with Gasteiger partial charge in [0.2, 0.25) is 10.0 Å². The third kappa shape index (κ3) is 4.56. The van der Waals surface area contributed by atoms with Crippen molar-refractivity contribution >= 4 is 21.6 Å². The molecule has 0 radical (unpaired) electrons. The van der Waals surface area contributed by atoms with Gasteiger partial charge in [-0.15, -0.1) is 0 Å². The van der Waals surface area contributed by atoms with E-state index in [1.54, 1.807) is 12.1 Å². The van der Waals surface area contributed by atoms with Crippen LogP contribution in [0.1, 0.15) is 23.9 Å². The third-order valence-electron chi connectivity index (χ3n) is 3.66. The molecule has 1 N–H and O–H groups in total. The Morgan fingerprint density at radius 3 is 2.52 bits per heavy atom. The summed E-state index contributed by atoms with van der Waals surface area (Å²) in [7, 11) is -3.56. The number of sulfonamides is 1. The van der Waals surface area contributed by atoms with Crippen LogP contribution in [0.5, 0.6) is 0 Å². The van der Waals surface area contributed by atoms with Crippen molar-refractivity contribution in [2.45, 2.75) is 39.1 Å². The van der Waals surface area contributed by atoms with Crippen molar-refractivity contribution in [2.75, 3.05) is 6.54 Å². The highest BCUT2D eigenvalue weighted by Crippen LogP contribution is 2.20. The Kier molecular flexibility index (Phi) is 5.49. The van der Waals surface area contributed by atoms with E-state index in [0.717, 1.165) is 17.0 Å². The first-order chi connectivity index (χ1) is 10.7. The average molecular weight is 356 g/mol. The minimum absolute atomic E-state index is 0.115. The van der Waals surface area contributed by atoms with Gasteiger partial charge < -0.3 is 0 Å². The number of hydrogen-bond acceptors (Lipinski definition) is 3. The van der Waals surface area contributed by atoms with E-state index in [2.05, 4.69) is 9.82 Å². The predicted octanol–water partition coefficient (Wildman–Crippen LogP) is 3.08. The summed E-state index contributed by atoms with van der Waals surface area (Å²) in [4.78, 5) is 0.186. The maximum Gasteiger partial charge on any atom is 0.240 e. The number of hydrogen-bond donors (Lipinski definition) is 1. The molecule has 23 heavy (non-hydrogen) atoms. The van der Waals surface area contributed by atoms with Crippen LogP contribution in [0.25, 0.3) is 0 Å². The molecule has 5 nitrogen and oxygen atoms in total. The van der Waals surface area contributed by atoms with Crippen molar-refractivity contribution in [3.63, 3.8) is 0 Å². The molecule has 1 atom stereocenters. The summed E-state index contributed by atoms with van der Waals surface area (Å²) >= 11 is 6.01. The molecule has 1 aromatic heterocycles. The van der Waals surface area contributed by atoms with Gasteiger partial charge in [-0.05, 0) is 50.5 Å². The van der Waals surface area contributed by atoms with E-state index < -0.39 is 10.0 Å². The second-order valence-electron chi connectivity index (χ2n) is 5.98. The topological polar surface area (TPSA) is 64.0 Å². The molecule has 0 bridgehead atoms. The summed E-state index contributed by atoms with van der Waals surface area (Å²) < 4.78 is 29.2. The Morgan fingerprint density at radius 2 is 1.96 bits per heavy atom. The minimum atomic E-state index is -3.56. The Balaban J connectivity index is 2.01. The fourth-order valence-electron chi connectivity index (χ4n) is 2.30. The van der Waals surface area contributed by atoms with Gasteiger partial charge in [0.05, 0.1) is 10.6 Å². The van der Waals surface area contributed by atoms with Gasteiger partial charge in [0, 0.05) is 23.8 Å². The van der Waals surface area contributed by atoms with Crippen molar-refractivity contribution in [3.8, 4) is 0 Å². The zero-order valence-electron chi connectivity index (χ0n) is 13.8. The monoisotopic (exact) mass is 355 g/mol. The molecule has 0 saturated heterocycles. The molecule has 2 aromatic rings. The summed E-state index contributed by atoms with van der Waals surface area (Å²) in [6, 6.07) is 6.75. The molecular formula is C16H22ClN3O2S. The zero-order valence-corrected chi connectivity index (χ0v) is 15.4. The van der Waals surface area contributed by atoms with Crippen molar-refractivity contribution < 1.29 is 8.42 Å². The van der Waals surface area contributed by atoms with Crippen LogP contribution in [-0.2, 0) is 16.6 Å². The Bertz CT molecular complexity index is 800. The van der Waals surface area contributed by atoms with Gasteiger partial charge in [-0.1, -0.05) is 24.6 Å². The Morgan fingerprint density at radius 1 is 1.26 bits per heavy atom. The lowest BCUT2D eigenvalue weighted by Gasteiger charge is -2.14. The largest absolute Gasteiger partial charge is 0.269 e. The molecule has 0 fully saturated rings. The summed E-state index contributed by atoms with van der Waals surface area (Å²) in [6.45, 7) is 8.76. The maximum absolute atomic E-state index is 12.3. The van der Waals surface area contributed by atoms with E-state index >= 15 is 0 Å². The summed E-state index contributed by atoms with van der Waals surface area (Å²) in [5.41, 5.74) is 2.88. The van der Waals surface area contributed by atoms with Crippen LogP contribution in [-0.4, -0.2) is 24.7 Å². The van der Waals surface area contributed by atoms with E-state index in [1.165, 1.54) is 6.07 Å². The number of nitrogens with one attached hydrogen (secondary N) is 1. The second kappa shape index (κ2) is 7.03. The number of halogens is 1. The first-order valence-electron chi connectivity index (χ1n) is 7.46. The number of aromatic nitrogens is 2. The quantitative estimate of drug-likeness (QED) is 0.866.